The normalized spacial score (nSPS) is 30.4. The van der Waals surface area contributed by atoms with Crippen LogP contribution in [-0.4, -0.2) is 16.9 Å². The van der Waals surface area contributed by atoms with Crippen LogP contribution in [0.4, 0.5) is 11.4 Å². The summed E-state index contributed by atoms with van der Waals surface area (Å²) < 4.78 is 0.350. The first kappa shape index (κ1) is 14.5. The minimum Gasteiger partial charge on any atom is -0.327 e. The molecule has 6 nitrogen and oxygen atoms in total. The lowest BCUT2D eigenvalue weighted by Crippen LogP contribution is -2.42. The van der Waals surface area contributed by atoms with Gasteiger partial charge in [-0.3, -0.25) is 14.9 Å². The number of anilines is 1. The van der Waals surface area contributed by atoms with Gasteiger partial charge in [-0.15, -0.1) is 0 Å². The number of fused-ring (bicyclic) bond motifs is 2. The predicted octanol–water partition coefficient (Wildman–Crippen LogP) is 2.67. The van der Waals surface area contributed by atoms with Gasteiger partial charge in [0.05, 0.1) is 15.3 Å². The molecule has 0 radical (unpaired) electrons. The molecule has 0 heterocycles. The van der Waals surface area contributed by atoms with Crippen molar-refractivity contribution in [1.29, 1.82) is 0 Å². The van der Waals surface area contributed by atoms with Gasteiger partial charge in [0.2, 0.25) is 5.91 Å². The third kappa shape index (κ3) is 2.55. The molecule has 0 aliphatic heterocycles. The molecule has 0 aromatic heterocycles. The van der Waals surface area contributed by atoms with E-state index in [0.717, 1.165) is 19.3 Å². The van der Waals surface area contributed by atoms with Crippen LogP contribution in [0.2, 0.25) is 0 Å². The molecule has 1 aromatic carbocycles. The Morgan fingerprint density at radius 3 is 2.67 bits per heavy atom. The van der Waals surface area contributed by atoms with Crippen LogP contribution in [0.15, 0.2) is 22.7 Å². The second kappa shape index (κ2) is 5.38. The molecule has 2 aliphatic carbocycles. The molecule has 112 valence electrons. The topological polar surface area (TPSA) is 98.3 Å². The summed E-state index contributed by atoms with van der Waals surface area (Å²) in [5.41, 5.74) is 6.68. The quantitative estimate of drug-likeness (QED) is 0.644. The Kier molecular flexibility index (Phi) is 3.71. The number of nitro benzene ring substituents is 1. The number of hydrogen-bond acceptors (Lipinski definition) is 4. The predicted molar refractivity (Wildman–Crippen MR) is 81.7 cm³/mol. The van der Waals surface area contributed by atoms with Crippen molar-refractivity contribution in [2.45, 2.75) is 25.3 Å². The van der Waals surface area contributed by atoms with Gasteiger partial charge in [0.25, 0.3) is 5.69 Å². The molecule has 0 saturated heterocycles. The van der Waals surface area contributed by atoms with E-state index < -0.39 is 4.92 Å². The van der Waals surface area contributed by atoms with Crippen molar-refractivity contribution in [3.05, 3.63) is 32.8 Å². The summed E-state index contributed by atoms with van der Waals surface area (Å²) in [5, 5.41) is 13.6. The molecule has 0 spiro atoms. The fraction of sp³-hybridized carbons (Fsp3) is 0.500. The number of carbonyl (C=O) groups is 1. The molecule has 4 atom stereocenters. The van der Waals surface area contributed by atoms with Crippen molar-refractivity contribution in [1.82, 2.24) is 0 Å². The molecule has 3 rings (SSSR count). The van der Waals surface area contributed by atoms with E-state index in [9.17, 15) is 14.9 Å². The lowest BCUT2D eigenvalue weighted by atomic mass is 9.84. The summed E-state index contributed by atoms with van der Waals surface area (Å²) in [5.74, 6) is 0.633. The molecule has 3 N–H and O–H groups in total. The number of amides is 1. The summed E-state index contributed by atoms with van der Waals surface area (Å²) >= 11 is 3.15. The molecule has 2 bridgehead atoms. The molecule has 1 aromatic rings. The fourth-order valence-corrected chi connectivity index (χ4v) is 4.21. The van der Waals surface area contributed by atoms with Gasteiger partial charge in [-0.25, -0.2) is 0 Å². The Morgan fingerprint density at radius 2 is 2.10 bits per heavy atom. The van der Waals surface area contributed by atoms with Gasteiger partial charge in [0, 0.05) is 17.8 Å². The average Bonchev–Trinajstić information content (AvgIpc) is 2.98. The van der Waals surface area contributed by atoms with Crippen LogP contribution in [0.5, 0.6) is 0 Å². The lowest BCUT2D eigenvalue weighted by Gasteiger charge is -2.27. The second-order valence-electron chi connectivity index (χ2n) is 5.85. The van der Waals surface area contributed by atoms with E-state index in [4.69, 9.17) is 5.73 Å². The summed E-state index contributed by atoms with van der Waals surface area (Å²) in [6.45, 7) is 0. The standard InChI is InChI=1S/C14H16BrN3O3/c15-10-6-9(3-4-11(10)18(20)21)17-14(19)12-7-1-2-8(5-7)13(12)16/h3-4,6-8,12-13H,1-2,5,16H2,(H,17,19). The summed E-state index contributed by atoms with van der Waals surface area (Å²) in [6, 6.07) is 4.40. The van der Waals surface area contributed by atoms with Crippen LogP contribution < -0.4 is 11.1 Å². The number of nitro groups is 1. The van der Waals surface area contributed by atoms with Gasteiger partial charge >= 0.3 is 0 Å². The van der Waals surface area contributed by atoms with E-state index >= 15 is 0 Å². The molecule has 2 saturated carbocycles. The molecular formula is C14H16BrN3O3. The molecule has 4 unspecified atom stereocenters. The van der Waals surface area contributed by atoms with Crippen molar-refractivity contribution >= 4 is 33.2 Å². The van der Waals surface area contributed by atoms with E-state index in [2.05, 4.69) is 21.2 Å². The van der Waals surface area contributed by atoms with E-state index in [0.29, 0.717) is 22.0 Å². The number of halogens is 1. The number of nitrogens with one attached hydrogen (secondary N) is 1. The highest BCUT2D eigenvalue weighted by molar-refractivity contribution is 9.10. The molecule has 2 aliphatic rings. The second-order valence-corrected chi connectivity index (χ2v) is 6.70. The number of nitrogens with two attached hydrogens (primary N) is 1. The first-order chi connectivity index (χ1) is 9.97. The Morgan fingerprint density at radius 1 is 1.38 bits per heavy atom. The Bertz CT molecular complexity index is 605. The SMILES string of the molecule is NC1C2CCC(C2)C1C(=O)Nc1ccc([N+](=O)[O-])c(Br)c1. The van der Waals surface area contributed by atoms with Crippen molar-refractivity contribution in [3.8, 4) is 0 Å². The number of nitrogens with zero attached hydrogens (tertiary/aromatic N) is 1. The van der Waals surface area contributed by atoms with Crippen LogP contribution in [0, 0.1) is 27.9 Å². The minimum atomic E-state index is -0.471. The number of benzene rings is 1. The first-order valence-corrected chi connectivity index (χ1v) is 7.77. The maximum Gasteiger partial charge on any atom is 0.283 e. The van der Waals surface area contributed by atoms with Crippen LogP contribution >= 0.6 is 15.9 Å². The van der Waals surface area contributed by atoms with E-state index in [1.165, 1.54) is 6.07 Å². The third-order valence-corrected chi connectivity index (χ3v) is 5.33. The first-order valence-electron chi connectivity index (χ1n) is 6.97. The summed E-state index contributed by atoms with van der Waals surface area (Å²) in [7, 11) is 0. The zero-order chi connectivity index (χ0) is 15.1. The zero-order valence-corrected chi connectivity index (χ0v) is 12.9. The highest BCUT2D eigenvalue weighted by Gasteiger charge is 2.49. The van der Waals surface area contributed by atoms with Gasteiger partial charge in [-0.1, -0.05) is 0 Å². The van der Waals surface area contributed by atoms with E-state index in [-0.39, 0.29) is 23.6 Å². The van der Waals surface area contributed by atoms with Crippen LogP contribution in [0.1, 0.15) is 19.3 Å². The number of hydrogen-bond donors (Lipinski definition) is 2. The number of rotatable bonds is 3. The van der Waals surface area contributed by atoms with E-state index in [1.807, 2.05) is 0 Å². The monoisotopic (exact) mass is 353 g/mol. The molecule has 1 amide bonds. The van der Waals surface area contributed by atoms with Crippen LogP contribution in [-0.2, 0) is 4.79 Å². The van der Waals surface area contributed by atoms with Gasteiger partial charge in [-0.2, -0.15) is 0 Å². The van der Waals surface area contributed by atoms with Crippen LogP contribution in [0.3, 0.4) is 0 Å². The molecule has 21 heavy (non-hydrogen) atoms. The zero-order valence-electron chi connectivity index (χ0n) is 11.3. The van der Waals surface area contributed by atoms with Crippen LogP contribution in [0.25, 0.3) is 0 Å². The summed E-state index contributed by atoms with van der Waals surface area (Å²) in [6.07, 6.45) is 3.24. The fourth-order valence-electron chi connectivity index (χ4n) is 3.68. The maximum atomic E-state index is 12.4. The highest BCUT2D eigenvalue weighted by Crippen LogP contribution is 2.48. The molecular weight excluding hydrogens is 338 g/mol. The van der Waals surface area contributed by atoms with Gasteiger partial charge < -0.3 is 11.1 Å². The Balaban J connectivity index is 1.73. The van der Waals surface area contributed by atoms with E-state index in [1.54, 1.807) is 12.1 Å². The average molecular weight is 354 g/mol. The van der Waals surface area contributed by atoms with Gasteiger partial charge in [0.1, 0.15) is 0 Å². The lowest BCUT2D eigenvalue weighted by molar-refractivity contribution is -0.385. The van der Waals surface area contributed by atoms with Crippen molar-refractivity contribution in [2.75, 3.05) is 5.32 Å². The van der Waals surface area contributed by atoms with Gasteiger partial charge in [0.15, 0.2) is 0 Å². The smallest absolute Gasteiger partial charge is 0.283 e. The van der Waals surface area contributed by atoms with Crippen molar-refractivity contribution < 1.29 is 9.72 Å². The third-order valence-electron chi connectivity index (χ3n) is 4.70. The summed E-state index contributed by atoms with van der Waals surface area (Å²) in [4.78, 5) is 22.7. The minimum absolute atomic E-state index is 0.0235. The van der Waals surface area contributed by atoms with Crippen molar-refractivity contribution in [2.24, 2.45) is 23.5 Å². The highest BCUT2D eigenvalue weighted by atomic mass is 79.9. The number of carbonyl (C=O) groups excluding carboxylic acids is 1. The maximum absolute atomic E-state index is 12.4. The largest absolute Gasteiger partial charge is 0.327 e. The molecule has 7 heteroatoms. The van der Waals surface area contributed by atoms with Gasteiger partial charge in [-0.05, 0) is 59.2 Å². The Hall–Kier alpha value is -1.47. The van der Waals surface area contributed by atoms with Crippen molar-refractivity contribution in [3.63, 3.8) is 0 Å². The molecule has 2 fully saturated rings. The Labute approximate surface area is 130 Å².